The van der Waals surface area contributed by atoms with Crippen LogP contribution in [0.5, 0.6) is 0 Å². The fourth-order valence-electron chi connectivity index (χ4n) is 2.91. The van der Waals surface area contributed by atoms with Gasteiger partial charge in [-0.1, -0.05) is 25.1 Å². The molecule has 0 bridgehead atoms. The minimum absolute atomic E-state index is 0.0363. The van der Waals surface area contributed by atoms with Crippen LogP contribution in [-0.2, 0) is 4.79 Å². The number of halogens is 1. The van der Waals surface area contributed by atoms with Crippen molar-refractivity contribution in [2.75, 3.05) is 27.2 Å². The fourth-order valence-corrected chi connectivity index (χ4v) is 2.91. The van der Waals surface area contributed by atoms with Gasteiger partial charge >= 0.3 is 6.03 Å². The Balaban J connectivity index is 2.00. The second-order valence-electron chi connectivity index (χ2n) is 6.30. The van der Waals surface area contributed by atoms with Crippen LogP contribution in [-0.4, -0.2) is 48.9 Å². The van der Waals surface area contributed by atoms with Crippen LogP contribution in [0.1, 0.15) is 31.4 Å². The molecule has 23 heavy (non-hydrogen) atoms. The molecule has 1 saturated heterocycles. The molecule has 1 fully saturated rings. The molecule has 126 valence electrons. The Hall–Kier alpha value is -2.11. The molecule has 2 atom stereocenters. The van der Waals surface area contributed by atoms with E-state index < -0.39 is 0 Å². The van der Waals surface area contributed by atoms with Gasteiger partial charge in [0.1, 0.15) is 5.82 Å². The molecule has 0 aliphatic carbocycles. The minimum Gasteiger partial charge on any atom is -0.349 e. The van der Waals surface area contributed by atoms with Gasteiger partial charge in [-0.15, -0.1) is 0 Å². The van der Waals surface area contributed by atoms with E-state index in [-0.39, 0.29) is 36.8 Å². The third kappa shape index (κ3) is 4.21. The maximum atomic E-state index is 14.0. The Bertz CT molecular complexity index is 577. The zero-order valence-corrected chi connectivity index (χ0v) is 13.9. The lowest BCUT2D eigenvalue weighted by molar-refractivity contribution is -0.128. The Morgan fingerprint density at radius 3 is 2.70 bits per heavy atom. The molecule has 1 heterocycles. The first-order valence-corrected chi connectivity index (χ1v) is 7.89. The van der Waals surface area contributed by atoms with Gasteiger partial charge < -0.3 is 15.1 Å². The summed E-state index contributed by atoms with van der Waals surface area (Å²) in [6.45, 7) is 2.92. The predicted molar refractivity (Wildman–Crippen MR) is 86.3 cm³/mol. The van der Waals surface area contributed by atoms with E-state index >= 15 is 0 Å². The van der Waals surface area contributed by atoms with Crippen molar-refractivity contribution in [3.8, 4) is 0 Å². The van der Waals surface area contributed by atoms with E-state index in [1.54, 1.807) is 37.2 Å². The summed E-state index contributed by atoms with van der Waals surface area (Å²) in [7, 11) is 3.36. The van der Waals surface area contributed by atoms with Crippen LogP contribution in [0, 0.1) is 11.7 Å². The Morgan fingerprint density at radius 2 is 2.04 bits per heavy atom. The van der Waals surface area contributed by atoms with Gasteiger partial charge in [-0.05, 0) is 18.4 Å². The van der Waals surface area contributed by atoms with E-state index in [9.17, 15) is 14.0 Å². The molecule has 0 radical (unpaired) electrons. The molecule has 1 aliphatic rings. The van der Waals surface area contributed by atoms with E-state index in [2.05, 4.69) is 12.2 Å². The normalized spacial score (nSPS) is 20.4. The molecule has 0 saturated carbocycles. The summed E-state index contributed by atoms with van der Waals surface area (Å²) in [6.07, 6.45) is 0.997. The zero-order valence-electron chi connectivity index (χ0n) is 13.9. The molecule has 0 spiro atoms. The highest BCUT2D eigenvalue weighted by Gasteiger charge is 2.35. The minimum atomic E-state index is -0.285. The molecular weight excluding hydrogens is 297 g/mol. The summed E-state index contributed by atoms with van der Waals surface area (Å²) in [6, 6.07) is 6.09. The maximum absolute atomic E-state index is 14.0. The summed E-state index contributed by atoms with van der Waals surface area (Å²) in [5, 5.41) is 2.77. The first-order valence-electron chi connectivity index (χ1n) is 7.89. The number of nitrogens with zero attached hydrogens (tertiary/aromatic N) is 2. The molecule has 6 heteroatoms. The number of nitrogens with one attached hydrogen (secondary N) is 1. The van der Waals surface area contributed by atoms with Crippen molar-refractivity contribution in [3.05, 3.63) is 35.6 Å². The van der Waals surface area contributed by atoms with Gasteiger partial charge in [0.25, 0.3) is 0 Å². The first kappa shape index (κ1) is 17.2. The molecular formula is C17H24FN3O2. The van der Waals surface area contributed by atoms with Crippen molar-refractivity contribution in [2.45, 2.75) is 25.8 Å². The third-order valence-corrected chi connectivity index (χ3v) is 4.15. The zero-order chi connectivity index (χ0) is 17.0. The highest BCUT2D eigenvalue weighted by atomic mass is 19.1. The van der Waals surface area contributed by atoms with Crippen molar-refractivity contribution < 1.29 is 14.0 Å². The Morgan fingerprint density at radius 1 is 1.35 bits per heavy atom. The number of carbonyl (C=O) groups excluding carboxylic acids is 2. The molecule has 1 aromatic rings. The average Bonchev–Trinajstić information content (AvgIpc) is 2.89. The van der Waals surface area contributed by atoms with Crippen molar-refractivity contribution in [3.63, 3.8) is 0 Å². The number of likely N-dealkylation sites (tertiary alicyclic amines) is 1. The highest BCUT2D eigenvalue weighted by Crippen LogP contribution is 2.36. The van der Waals surface area contributed by atoms with E-state index in [1.807, 2.05) is 0 Å². The second-order valence-corrected chi connectivity index (χ2v) is 6.30. The molecule has 2 unspecified atom stereocenters. The van der Waals surface area contributed by atoms with Gasteiger partial charge in [0.2, 0.25) is 5.91 Å². The van der Waals surface area contributed by atoms with Gasteiger partial charge in [0.05, 0.1) is 6.04 Å². The number of carbonyl (C=O) groups is 2. The van der Waals surface area contributed by atoms with E-state index in [1.165, 1.54) is 11.0 Å². The van der Waals surface area contributed by atoms with Gasteiger partial charge in [-0.2, -0.15) is 0 Å². The molecule has 3 amide bonds. The van der Waals surface area contributed by atoms with Crippen LogP contribution in [0.3, 0.4) is 0 Å². The number of hydrogen-bond donors (Lipinski definition) is 1. The SMILES string of the molecule is CC1CC(c2ccccc2F)N(C(=O)NCCC(=O)N(C)C)C1. The monoisotopic (exact) mass is 321 g/mol. The van der Waals surface area contributed by atoms with Crippen molar-refractivity contribution in [1.82, 2.24) is 15.1 Å². The van der Waals surface area contributed by atoms with Crippen LogP contribution in [0.15, 0.2) is 24.3 Å². The standard InChI is InChI=1S/C17H24FN3O2/c1-12-10-15(13-6-4-5-7-14(13)18)21(11-12)17(23)19-9-8-16(22)20(2)3/h4-7,12,15H,8-11H2,1-3H3,(H,19,23). The van der Waals surface area contributed by atoms with Gasteiger partial charge in [0.15, 0.2) is 0 Å². The van der Waals surface area contributed by atoms with Crippen LogP contribution in [0.25, 0.3) is 0 Å². The lowest BCUT2D eigenvalue weighted by atomic mass is 10.0. The topological polar surface area (TPSA) is 52.7 Å². The highest BCUT2D eigenvalue weighted by molar-refractivity contribution is 5.78. The molecule has 0 aromatic heterocycles. The molecule has 2 rings (SSSR count). The molecule has 1 N–H and O–H groups in total. The molecule has 5 nitrogen and oxygen atoms in total. The maximum Gasteiger partial charge on any atom is 0.317 e. The van der Waals surface area contributed by atoms with Crippen molar-refractivity contribution in [2.24, 2.45) is 5.92 Å². The molecule has 1 aromatic carbocycles. The largest absolute Gasteiger partial charge is 0.349 e. The van der Waals surface area contributed by atoms with Crippen LogP contribution in [0.4, 0.5) is 9.18 Å². The van der Waals surface area contributed by atoms with E-state index in [4.69, 9.17) is 0 Å². The average molecular weight is 321 g/mol. The lowest BCUT2D eigenvalue weighted by Crippen LogP contribution is -2.41. The van der Waals surface area contributed by atoms with Crippen molar-refractivity contribution >= 4 is 11.9 Å². The number of amides is 3. The van der Waals surface area contributed by atoms with Crippen LogP contribution < -0.4 is 5.32 Å². The summed E-state index contributed by atoms with van der Waals surface area (Å²) in [5.41, 5.74) is 0.552. The summed E-state index contributed by atoms with van der Waals surface area (Å²) in [5.74, 6) is -0.00769. The molecule has 1 aliphatic heterocycles. The number of rotatable bonds is 4. The van der Waals surface area contributed by atoms with Crippen molar-refractivity contribution in [1.29, 1.82) is 0 Å². The third-order valence-electron chi connectivity index (χ3n) is 4.15. The van der Waals surface area contributed by atoms with Gasteiger partial charge in [-0.25, -0.2) is 9.18 Å². The number of hydrogen-bond acceptors (Lipinski definition) is 2. The van der Waals surface area contributed by atoms with E-state index in [0.29, 0.717) is 18.0 Å². The smallest absolute Gasteiger partial charge is 0.317 e. The summed E-state index contributed by atoms with van der Waals surface area (Å²) in [4.78, 5) is 27.1. The van der Waals surface area contributed by atoms with Crippen LogP contribution in [0.2, 0.25) is 0 Å². The second kappa shape index (κ2) is 7.44. The quantitative estimate of drug-likeness (QED) is 0.926. The predicted octanol–water partition coefficient (Wildman–Crippen LogP) is 2.40. The summed E-state index contributed by atoms with van der Waals surface area (Å²) < 4.78 is 14.0. The van der Waals surface area contributed by atoms with E-state index in [0.717, 1.165) is 6.42 Å². The van der Waals surface area contributed by atoms with Gasteiger partial charge in [0, 0.05) is 39.2 Å². The number of urea groups is 1. The fraction of sp³-hybridized carbons (Fsp3) is 0.529. The Kier molecular flexibility index (Phi) is 5.58. The Labute approximate surface area is 136 Å². The van der Waals surface area contributed by atoms with Gasteiger partial charge in [-0.3, -0.25) is 4.79 Å². The first-order chi connectivity index (χ1) is 10.9. The van der Waals surface area contributed by atoms with Crippen LogP contribution >= 0.6 is 0 Å². The lowest BCUT2D eigenvalue weighted by Gasteiger charge is -2.25. The number of benzene rings is 1. The summed E-state index contributed by atoms with van der Waals surface area (Å²) >= 11 is 0.